The molecule has 0 saturated carbocycles. The van der Waals surface area contributed by atoms with Gasteiger partial charge in [-0.1, -0.05) is 297 Å². The highest BCUT2D eigenvalue weighted by Gasteiger charge is 2.53. The summed E-state index contributed by atoms with van der Waals surface area (Å²) < 4.78 is 5.04. The summed E-state index contributed by atoms with van der Waals surface area (Å²) in [6.45, 7) is 24.8. The van der Waals surface area contributed by atoms with E-state index in [4.69, 9.17) is 5.73 Å². The summed E-state index contributed by atoms with van der Waals surface area (Å²) in [6.07, 6.45) is 29.2. The maximum Gasteiger partial charge on any atom is 0.0537 e. The molecule has 0 saturated heterocycles. The standard InChI is InChI=1S/C114H105N5/c1-12-112(11,115)111(10)71-69-98-100-74-84(50-68-107(100)119(108(98)70-72-111)92-61-43-80(44-62-92)110(7,8)9)114(103-30-20-15-25-95(103)96-26-16-21-31-104(96)114)82-47-65-90(66-48-82)117(88-57-39-78(40-58-88)77-37-55-87(56-38-77)116(85-51-33-75(2)34-52-85)86-53-35-76(3)36-54-86)89-63-45-81(46-64-89)113(101-28-18-13-23-93(101)94-24-14-19-29-102(94)113)83-49-67-106-99(73-83)97-27-17-22-32-105(97)118(106)91-59-41-79(42-60-91)109(4,5)6/h13,15-23,25-72,83-84H,12,14,24,73-74,115H2,1-11H3. The number of allylic oxidation sites excluding steroid dienone is 6. The Bertz CT molecular complexity index is 6400. The molecule has 6 aliphatic rings. The fourth-order valence-electron chi connectivity index (χ4n) is 21.1. The summed E-state index contributed by atoms with van der Waals surface area (Å²) in [6, 6.07) is 111. The number of nitrogens with two attached hydrogens (primary N) is 1. The number of fused-ring (bicyclic) bond motifs is 11. The highest BCUT2D eigenvalue weighted by atomic mass is 15.1. The Labute approximate surface area is 703 Å². The lowest BCUT2D eigenvalue weighted by Gasteiger charge is -2.42. The summed E-state index contributed by atoms with van der Waals surface area (Å²) in [7, 11) is 0. The molecular weight excluding hydrogens is 1440 g/mol. The number of aryl methyl sites for hydroxylation is 2. The van der Waals surface area contributed by atoms with Crippen LogP contribution in [0.25, 0.3) is 74.4 Å². The number of rotatable bonds is 15. The topological polar surface area (TPSA) is 42.4 Å². The molecule has 0 fully saturated rings. The van der Waals surface area contributed by atoms with E-state index < -0.39 is 16.4 Å². The number of nitrogens with zero attached hydrogens (tertiary/aromatic N) is 4. The minimum atomic E-state index is -0.574. The van der Waals surface area contributed by atoms with Crippen molar-refractivity contribution in [2.75, 3.05) is 9.80 Å². The first-order valence-corrected chi connectivity index (χ1v) is 43.1. The van der Waals surface area contributed by atoms with Gasteiger partial charge in [0.1, 0.15) is 0 Å². The molecule has 2 heterocycles. The van der Waals surface area contributed by atoms with Crippen molar-refractivity contribution in [1.29, 1.82) is 0 Å². The minimum Gasteiger partial charge on any atom is -0.324 e. The van der Waals surface area contributed by atoms with Crippen molar-refractivity contribution in [3.63, 3.8) is 0 Å². The Morgan fingerprint density at radius 2 is 0.815 bits per heavy atom. The van der Waals surface area contributed by atoms with Gasteiger partial charge in [-0.2, -0.15) is 0 Å². The molecule has 5 unspecified atom stereocenters. The fourth-order valence-corrected chi connectivity index (χ4v) is 21.1. The highest BCUT2D eigenvalue weighted by Crippen LogP contribution is 2.62. The molecule has 2 aromatic heterocycles. The summed E-state index contributed by atoms with van der Waals surface area (Å²) in [4.78, 5) is 4.85. The molecule has 0 spiro atoms. The lowest BCUT2D eigenvalue weighted by Crippen LogP contribution is -2.49. The molecule has 2 N–H and O–H groups in total. The molecule has 5 heteroatoms. The zero-order valence-corrected chi connectivity index (χ0v) is 70.5. The summed E-state index contributed by atoms with van der Waals surface area (Å²) in [5.74, 6) is 0.118. The van der Waals surface area contributed by atoms with Crippen LogP contribution < -0.4 is 15.5 Å². The predicted molar refractivity (Wildman–Crippen MR) is 503 cm³/mol. The van der Waals surface area contributed by atoms with Crippen LogP contribution in [0.5, 0.6) is 0 Å². The number of benzene rings is 12. The molecule has 0 amide bonds. The Balaban J connectivity index is 0.727. The van der Waals surface area contributed by atoms with Gasteiger partial charge in [0, 0.05) is 78.8 Å². The molecule has 0 radical (unpaired) electrons. The Morgan fingerprint density at radius 3 is 1.32 bits per heavy atom. The quantitative estimate of drug-likeness (QED) is 0.111. The van der Waals surface area contributed by atoms with Crippen molar-refractivity contribution in [2.24, 2.45) is 23.0 Å². The number of hydrogen-bond donors (Lipinski definition) is 1. The van der Waals surface area contributed by atoms with Gasteiger partial charge < -0.3 is 24.7 Å². The van der Waals surface area contributed by atoms with Gasteiger partial charge in [0.25, 0.3) is 0 Å². The third kappa shape index (κ3) is 12.2. The van der Waals surface area contributed by atoms with E-state index in [9.17, 15) is 0 Å². The van der Waals surface area contributed by atoms with Crippen molar-refractivity contribution < 1.29 is 0 Å². The van der Waals surface area contributed by atoms with E-state index in [1.807, 2.05) is 0 Å². The van der Waals surface area contributed by atoms with E-state index in [1.165, 1.54) is 128 Å². The van der Waals surface area contributed by atoms with Gasteiger partial charge in [-0.05, 0) is 286 Å². The fraction of sp³-hybridized carbons (Fsp3) is 0.211. The van der Waals surface area contributed by atoms with Gasteiger partial charge in [0.15, 0.2) is 0 Å². The van der Waals surface area contributed by atoms with Gasteiger partial charge in [0.05, 0.1) is 22.0 Å². The average molecular weight is 1550 g/mol. The maximum atomic E-state index is 7.30. The molecule has 6 aliphatic carbocycles. The lowest BCUT2D eigenvalue weighted by atomic mass is 9.60. The number of anilines is 6. The first-order chi connectivity index (χ1) is 57.6. The van der Waals surface area contributed by atoms with E-state index >= 15 is 0 Å². The van der Waals surface area contributed by atoms with Crippen LogP contribution >= 0.6 is 0 Å². The summed E-state index contributed by atoms with van der Waals surface area (Å²) >= 11 is 0. The third-order valence-electron chi connectivity index (χ3n) is 28.1. The molecule has 14 aromatic rings. The second-order valence-electron chi connectivity index (χ2n) is 37.0. The van der Waals surface area contributed by atoms with Crippen LogP contribution in [0.2, 0.25) is 0 Å². The first-order valence-electron chi connectivity index (χ1n) is 43.1. The van der Waals surface area contributed by atoms with Crippen molar-refractivity contribution >= 4 is 74.9 Å². The molecule has 20 rings (SSSR count). The zero-order chi connectivity index (χ0) is 81.5. The van der Waals surface area contributed by atoms with Crippen LogP contribution in [0.15, 0.2) is 333 Å². The highest BCUT2D eigenvalue weighted by molar-refractivity contribution is 5.94. The molecular formula is C114H105N5. The van der Waals surface area contributed by atoms with Crippen LogP contribution in [0, 0.1) is 31.1 Å². The Morgan fingerprint density at radius 1 is 0.403 bits per heavy atom. The van der Waals surface area contributed by atoms with E-state index in [2.05, 4.69) is 447 Å². The maximum absolute atomic E-state index is 7.30. The Kier molecular flexibility index (Phi) is 18.1. The number of hydrogen-bond acceptors (Lipinski definition) is 3. The molecule has 119 heavy (non-hydrogen) atoms. The van der Waals surface area contributed by atoms with E-state index in [0.717, 1.165) is 83.0 Å². The van der Waals surface area contributed by atoms with Crippen LogP contribution in [0.4, 0.5) is 34.1 Å². The molecule has 0 aliphatic heterocycles. The predicted octanol–water partition coefficient (Wildman–Crippen LogP) is 28.9. The van der Waals surface area contributed by atoms with Crippen molar-refractivity contribution in [3.05, 3.63) is 423 Å². The zero-order valence-electron chi connectivity index (χ0n) is 70.5. The van der Waals surface area contributed by atoms with Crippen LogP contribution in [-0.2, 0) is 34.5 Å². The van der Waals surface area contributed by atoms with E-state index in [0.29, 0.717) is 0 Å². The monoisotopic (exact) mass is 1540 g/mol. The molecule has 5 atom stereocenters. The van der Waals surface area contributed by atoms with Gasteiger partial charge in [-0.15, -0.1) is 0 Å². The largest absolute Gasteiger partial charge is 0.324 e. The summed E-state index contributed by atoms with van der Waals surface area (Å²) in [5, 5.41) is 1.32. The van der Waals surface area contributed by atoms with Crippen LogP contribution in [-0.4, -0.2) is 14.7 Å². The van der Waals surface area contributed by atoms with E-state index in [1.54, 1.807) is 0 Å². The minimum absolute atomic E-state index is 0.0169. The van der Waals surface area contributed by atoms with Crippen LogP contribution in [0.3, 0.4) is 0 Å². The van der Waals surface area contributed by atoms with Crippen molar-refractivity contribution in [1.82, 2.24) is 9.13 Å². The molecule has 0 bridgehead atoms. The molecule has 5 nitrogen and oxygen atoms in total. The van der Waals surface area contributed by atoms with Gasteiger partial charge in [-0.3, -0.25) is 0 Å². The second-order valence-corrected chi connectivity index (χ2v) is 37.0. The summed E-state index contributed by atoms with van der Waals surface area (Å²) in [5.41, 5.74) is 44.3. The normalized spacial score (nSPS) is 19.0. The first kappa shape index (κ1) is 75.2. The van der Waals surface area contributed by atoms with Gasteiger partial charge >= 0.3 is 0 Å². The number of aromatic nitrogens is 2. The Hall–Kier alpha value is -12.5. The number of para-hydroxylation sites is 1. The average Bonchev–Trinajstić information content (AvgIpc) is 1.54. The molecule has 586 valence electrons. The van der Waals surface area contributed by atoms with E-state index in [-0.39, 0.29) is 28.1 Å². The molecule has 12 aromatic carbocycles. The lowest BCUT2D eigenvalue weighted by molar-refractivity contribution is 0.277. The third-order valence-corrected chi connectivity index (χ3v) is 28.1. The SMILES string of the molecule is CCC(C)(N)C1(C)C=Cc2c3c(n(-c4ccc(C(C)(C)C)cc4)c2C=C1)C=CC(C1(c2ccc(N(c4ccc(-c5ccc(N(c6ccc(C)cc6)c6ccc(C)cc6)cc5)cc4)c4ccc(C5(C6C=Cc7c(c8ccccc8n7-c7ccc(C(C)(C)C)cc7)C6)C6=C(CCC=C6)c6ccccc65)cc4)cc2)c2ccccc2-c2ccccc21)C3. The van der Waals surface area contributed by atoms with Crippen LogP contribution in [0.1, 0.15) is 171 Å². The van der Waals surface area contributed by atoms with Crippen molar-refractivity contribution in [2.45, 2.75) is 135 Å². The van der Waals surface area contributed by atoms with Gasteiger partial charge in [0.2, 0.25) is 0 Å². The smallest absolute Gasteiger partial charge is 0.0537 e. The van der Waals surface area contributed by atoms with Gasteiger partial charge in [-0.25, -0.2) is 0 Å². The van der Waals surface area contributed by atoms with Crippen molar-refractivity contribution in [3.8, 4) is 33.6 Å². The second kappa shape index (κ2) is 28.6.